The summed E-state index contributed by atoms with van der Waals surface area (Å²) in [7, 11) is 0. The van der Waals surface area contributed by atoms with Gasteiger partial charge in [-0.2, -0.15) is 0 Å². The maximum atomic E-state index is 5.81. The molecule has 1 aliphatic heterocycles. The van der Waals surface area contributed by atoms with E-state index in [0.717, 1.165) is 12.6 Å². The molecule has 1 heterocycles. The van der Waals surface area contributed by atoms with Gasteiger partial charge in [-0.3, -0.25) is 0 Å². The lowest BCUT2D eigenvalue weighted by Crippen LogP contribution is -2.39. The molecule has 0 bridgehead atoms. The Labute approximate surface area is 148 Å². The highest BCUT2D eigenvalue weighted by Crippen LogP contribution is 2.29. The highest BCUT2D eigenvalue weighted by Gasteiger charge is 2.32. The van der Waals surface area contributed by atoms with Gasteiger partial charge in [0.15, 0.2) is 0 Å². The Morgan fingerprint density at radius 2 is 1.54 bits per heavy atom. The van der Waals surface area contributed by atoms with Crippen molar-refractivity contribution in [2.75, 3.05) is 13.1 Å². The van der Waals surface area contributed by atoms with Crippen molar-refractivity contribution in [3.63, 3.8) is 0 Å². The molecule has 24 heavy (non-hydrogen) atoms. The Bertz CT molecular complexity index is 434. The largest absolute Gasteiger partial charge is 0.375 e. The molecule has 1 aromatic carbocycles. The topological polar surface area (TPSA) is 21.7 Å². The summed E-state index contributed by atoms with van der Waals surface area (Å²) >= 11 is 0. The van der Waals surface area contributed by atoms with Crippen LogP contribution in [0.3, 0.4) is 0 Å². The van der Waals surface area contributed by atoms with E-state index in [0.29, 0.717) is 18.3 Å². The predicted octanol–water partition coefficient (Wildman–Crippen LogP) is 4.65. The Balaban J connectivity index is 0.000000177. The smallest absolute Gasteiger partial charge is 0.0720 e. The molecule has 3 rings (SSSR count). The van der Waals surface area contributed by atoms with Gasteiger partial charge in [0, 0.05) is 19.1 Å². The molecule has 0 aromatic heterocycles. The fraction of sp³-hybridized carbons (Fsp3) is 0.714. The first-order valence-corrected chi connectivity index (χ1v) is 9.59. The van der Waals surface area contributed by atoms with Crippen LogP contribution in [0.5, 0.6) is 0 Å². The standard InChI is InChI=1S/C11H21NO.C10H14O/c1-9(2)13-11-5-7-12(8-6-11)10-3-4-10;1-9(2)11-8-10-6-4-3-5-7-10/h9-11H,3-8H2,1-2H3;3-7,9H,8H2,1-2H3. The highest BCUT2D eigenvalue weighted by molar-refractivity contribution is 5.13. The SMILES string of the molecule is CC(C)OC1CCN(C2CC2)CC1.CC(C)OCc1ccccc1. The van der Waals surface area contributed by atoms with Crippen molar-refractivity contribution in [3.05, 3.63) is 35.9 Å². The Hall–Kier alpha value is -0.900. The fourth-order valence-corrected chi connectivity index (χ4v) is 3.04. The van der Waals surface area contributed by atoms with Crippen molar-refractivity contribution in [2.24, 2.45) is 0 Å². The average Bonchev–Trinajstić information content (AvgIpc) is 3.40. The fourth-order valence-electron chi connectivity index (χ4n) is 3.04. The van der Waals surface area contributed by atoms with Crippen LogP contribution in [-0.4, -0.2) is 42.3 Å². The monoisotopic (exact) mass is 333 g/mol. The van der Waals surface area contributed by atoms with Crippen LogP contribution in [0.15, 0.2) is 30.3 Å². The summed E-state index contributed by atoms with van der Waals surface area (Å²) in [6.45, 7) is 11.6. The average molecular weight is 334 g/mol. The predicted molar refractivity (Wildman–Crippen MR) is 100 cm³/mol. The van der Waals surface area contributed by atoms with Gasteiger partial charge in [0.25, 0.3) is 0 Å². The summed E-state index contributed by atoms with van der Waals surface area (Å²) in [6.07, 6.45) is 6.62. The Morgan fingerprint density at radius 3 is 2.04 bits per heavy atom. The molecule has 0 atom stereocenters. The Kier molecular flexibility index (Phi) is 8.23. The molecule has 2 fully saturated rings. The summed E-state index contributed by atoms with van der Waals surface area (Å²) in [5.74, 6) is 0. The number of nitrogens with zero attached hydrogens (tertiary/aromatic N) is 1. The summed E-state index contributed by atoms with van der Waals surface area (Å²) in [5, 5.41) is 0. The van der Waals surface area contributed by atoms with Crippen molar-refractivity contribution in [3.8, 4) is 0 Å². The van der Waals surface area contributed by atoms with Crippen molar-refractivity contribution in [1.29, 1.82) is 0 Å². The van der Waals surface area contributed by atoms with Crippen molar-refractivity contribution < 1.29 is 9.47 Å². The second-order valence-electron chi connectivity index (χ2n) is 7.50. The van der Waals surface area contributed by atoms with E-state index in [2.05, 4.69) is 30.9 Å². The zero-order valence-corrected chi connectivity index (χ0v) is 15.9. The Morgan fingerprint density at radius 1 is 0.917 bits per heavy atom. The molecule has 3 heteroatoms. The van der Waals surface area contributed by atoms with Gasteiger partial charge in [0.2, 0.25) is 0 Å². The number of hydrogen-bond acceptors (Lipinski definition) is 3. The zero-order chi connectivity index (χ0) is 17.4. The van der Waals surface area contributed by atoms with Crippen molar-refractivity contribution >= 4 is 0 Å². The van der Waals surface area contributed by atoms with E-state index >= 15 is 0 Å². The van der Waals surface area contributed by atoms with E-state index < -0.39 is 0 Å². The van der Waals surface area contributed by atoms with Crippen LogP contribution in [0.25, 0.3) is 0 Å². The lowest BCUT2D eigenvalue weighted by Gasteiger charge is -2.32. The molecule has 1 aliphatic carbocycles. The second kappa shape index (κ2) is 10.2. The minimum atomic E-state index is 0.315. The number of ether oxygens (including phenoxy) is 2. The molecular weight excluding hydrogens is 298 g/mol. The first-order chi connectivity index (χ1) is 11.5. The lowest BCUT2D eigenvalue weighted by atomic mass is 10.1. The van der Waals surface area contributed by atoms with E-state index in [1.54, 1.807) is 0 Å². The molecule has 1 saturated heterocycles. The number of hydrogen-bond donors (Lipinski definition) is 0. The van der Waals surface area contributed by atoms with Crippen LogP contribution in [-0.2, 0) is 16.1 Å². The normalized spacial score (nSPS) is 19.4. The molecule has 1 aromatic rings. The molecule has 0 N–H and O–H groups in total. The number of likely N-dealkylation sites (tertiary alicyclic amines) is 1. The number of piperidine rings is 1. The molecule has 3 nitrogen and oxygen atoms in total. The molecule has 136 valence electrons. The van der Waals surface area contributed by atoms with Gasteiger partial charge in [-0.25, -0.2) is 0 Å². The van der Waals surface area contributed by atoms with Crippen LogP contribution in [0.2, 0.25) is 0 Å². The molecule has 0 spiro atoms. The van der Waals surface area contributed by atoms with Gasteiger partial charge in [-0.15, -0.1) is 0 Å². The van der Waals surface area contributed by atoms with Gasteiger partial charge in [0.1, 0.15) is 0 Å². The first-order valence-electron chi connectivity index (χ1n) is 9.59. The summed E-state index contributed by atoms with van der Waals surface area (Å²) in [5.41, 5.74) is 1.24. The molecular formula is C21H35NO2. The maximum absolute atomic E-state index is 5.81. The van der Waals surface area contributed by atoms with Crippen LogP contribution >= 0.6 is 0 Å². The highest BCUT2D eigenvalue weighted by atomic mass is 16.5. The van der Waals surface area contributed by atoms with Crippen molar-refractivity contribution in [1.82, 2.24) is 4.90 Å². The molecule has 0 radical (unpaired) electrons. The summed E-state index contributed by atoms with van der Waals surface area (Å²) in [4.78, 5) is 2.64. The van der Waals surface area contributed by atoms with E-state index in [1.165, 1.54) is 44.3 Å². The maximum Gasteiger partial charge on any atom is 0.0720 e. The first kappa shape index (κ1) is 19.4. The number of rotatable bonds is 6. The van der Waals surface area contributed by atoms with E-state index in [9.17, 15) is 0 Å². The third-order valence-electron chi connectivity index (χ3n) is 4.43. The molecule has 0 amide bonds. The van der Waals surface area contributed by atoms with Gasteiger partial charge in [0.05, 0.1) is 24.9 Å². The zero-order valence-electron chi connectivity index (χ0n) is 15.9. The second-order valence-corrected chi connectivity index (χ2v) is 7.50. The molecule has 2 aliphatic rings. The van der Waals surface area contributed by atoms with Gasteiger partial charge < -0.3 is 14.4 Å². The van der Waals surface area contributed by atoms with Crippen LogP contribution in [0, 0.1) is 0 Å². The third-order valence-corrected chi connectivity index (χ3v) is 4.43. The third kappa shape index (κ3) is 7.78. The minimum Gasteiger partial charge on any atom is -0.375 e. The van der Waals surface area contributed by atoms with E-state index in [4.69, 9.17) is 9.47 Å². The van der Waals surface area contributed by atoms with Gasteiger partial charge >= 0.3 is 0 Å². The molecule has 0 unspecified atom stereocenters. The minimum absolute atomic E-state index is 0.315. The van der Waals surface area contributed by atoms with Gasteiger partial charge in [-0.05, 0) is 58.9 Å². The van der Waals surface area contributed by atoms with Crippen LogP contribution < -0.4 is 0 Å². The summed E-state index contributed by atoms with van der Waals surface area (Å²) in [6, 6.07) is 11.2. The van der Waals surface area contributed by atoms with Crippen LogP contribution in [0.4, 0.5) is 0 Å². The van der Waals surface area contributed by atoms with Crippen LogP contribution in [0.1, 0.15) is 58.9 Å². The number of benzene rings is 1. The van der Waals surface area contributed by atoms with Crippen molar-refractivity contribution in [2.45, 2.75) is 84.3 Å². The van der Waals surface area contributed by atoms with E-state index in [1.807, 2.05) is 32.0 Å². The quantitative estimate of drug-likeness (QED) is 0.756. The van der Waals surface area contributed by atoms with Gasteiger partial charge in [-0.1, -0.05) is 30.3 Å². The molecule has 1 saturated carbocycles. The lowest BCUT2D eigenvalue weighted by molar-refractivity contribution is -0.0279. The summed E-state index contributed by atoms with van der Waals surface area (Å²) < 4.78 is 11.2. The van der Waals surface area contributed by atoms with E-state index in [-0.39, 0.29) is 0 Å².